The number of carbonyl (C=O) groups excluding carboxylic acids is 2. The molecule has 1 heterocycles. The molecule has 5 nitrogen and oxygen atoms in total. The minimum Gasteiger partial charge on any atom is -0.469 e. The number of hydrogen-bond donors (Lipinski definition) is 0. The maximum atomic E-state index is 12.3. The van der Waals surface area contributed by atoms with Crippen LogP contribution in [0.25, 0.3) is 0 Å². The van der Waals surface area contributed by atoms with Gasteiger partial charge in [-0.05, 0) is 25.2 Å². The lowest BCUT2D eigenvalue weighted by Crippen LogP contribution is -2.37. The average Bonchev–Trinajstić information content (AvgIpc) is 3.06. The van der Waals surface area contributed by atoms with E-state index in [0.29, 0.717) is 13.1 Å². The molecule has 1 saturated heterocycles. The van der Waals surface area contributed by atoms with E-state index in [1.54, 1.807) is 4.90 Å². The first kappa shape index (κ1) is 15.0. The van der Waals surface area contributed by atoms with Crippen LogP contribution in [-0.4, -0.2) is 55.5 Å². The molecule has 1 amide bonds. The van der Waals surface area contributed by atoms with Crippen LogP contribution >= 0.6 is 0 Å². The summed E-state index contributed by atoms with van der Waals surface area (Å²) in [6.45, 7) is 3.81. The smallest absolute Gasteiger partial charge is 0.310 e. The van der Waals surface area contributed by atoms with Crippen LogP contribution in [0, 0.1) is 11.8 Å². The molecule has 20 heavy (non-hydrogen) atoms. The number of likely N-dealkylation sites (tertiary alicyclic amines) is 1. The number of nitrogens with zero attached hydrogens (tertiary/aromatic N) is 2. The molecule has 5 heteroatoms. The van der Waals surface area contributed by atoms with Crippen LogP contribution in [0.2, 0.25) is 0 Å². The number of ether oxygens (including phenoxy) is 1. The summed E-state index contributed by atoms with van der Waals surface area (Å²) in [7, 11) is 3.26. The van der Waals surface area contributed by atoms with Crippen molar-refractivity contribution in [1.29, 1.82) is 0 Å². The summed E-state index contributed by atoms with van der Waals surface area (Å²) in [4.78, 5) is 27.7. The lowest BCUT2D eigenvalue weighted by molar-refractivity contribution is -0.146. The summed E-state index contributed by atoms with van der Waals surface area (Å²) >= 11 is 0. The standard InChI is InChI=1S/C15H24N2O3/c1-11-8-17(9-13(11)15(19)20-3)10-14(18)16(2)12-6-4-5-7-12/h6,11,13H,4-5,7-10H2,1-3H3. The van der Waals surface area contributed by atoms with Gasteiger partial charge in [0, 0.05) is 25.8 Å². The van der Waals surface area contributed by atoms with E-state index in [-0.39, 0.29) is 23.7 Å². The first-order valence-corrected chi connectivity index (χ1v) is 7.28. The first-order valence-electron chi connectivity index (χ1n) is 7.28. The summed E-state index contributed by atoms with van der Waals surface area (Å²) in [6, 6.07) is 0. The van der Waals surface area contributed by atoms with Gasteiger partial charge in [0.1, 0.15) is 0 Å². The van der Waals surface area contributed by atoms with Crippen molar-refractivity contribution in [2.24, 2.45) is 11.8 Å². The Kier molecular flexibility index (Phi) is 4.81. The van der Waals surface area contributed by atoms with Crippen LogP contribution in [0.1, 0.15) is 26.2 Å². The van der Waals surface area contributed by atoms with Crippen LogP contribution in [0.3, 0.4) is 0 Å². The fraction of sp³-hybridized carbons (Fsp3) is 0.733. The van der Waals surface area contributed by atoms with Gasteiger partial charge in [0.25, 0.3) is 0 Å². The Morgan fingerprint density at radius 3 is 2.80 bits per heavy atom. The number of allylic oxidation sites excluding steroid dienone is 2. The second-order valence-electron chi connectivity index (χ2n) is 5.84. The Bertz CT molecular complexity index is 419. The van der Waals surface area contributed by atoms with E-state index in [1.807, 2.05) is 14.0 Å². The summed E-state index contributed by atoms with van der Waals surface area (Å²) in [6.07, 6.45) is 5.33. The normalized spacial score (nSPS) is 26.4. The van der Waals surface area contributed by atoms with Crippen LogP contribution in [0.4, 0.5) is 0 Å². The van der Waals surface area contributed by atoms with Crippen molar-refractivity contribution in [1.82, 2.24) is 9.80 Å². The van der Waals surface area contributed by atoms with Gasteiger partial charge in [0.2, 0.25) is 5.91 Å². The zero-order chi connectivity index (χ0) is 14.7. The van der Waals surface area contributed by atoms with E-state index in [2.05, 4.69) is 11.0 Å². The van der Waals surface area contributed by atoms with E-state index in [4.69, 9.17) is 4.74 Å². The summed E-state index contributed by atoms with van der Waals surface area (Å²) in [5.74, 6) is 0.0743. The maximum Gasteiger partial charge on any atom is 0.310 e. The highest BCUT2D eigenvalue weighted by Crippen LogP contribution is 2.25. The van der Waals surface area contributed by atoms with Gasteiger partial charge in [-0.1, -0.05) is 13.0 Å². The van der Waals surface area contributed by atoms with Gasteiger partial charge >= 0.3 is 5.97 Å². The van der Waals surface area contributed by atoms with Gasteiger partial charge < -0.3 is 9.64 Å². The Morgan fingerprint density at radius 1 is 1.45 bits per heavy atom. The molecule has 112 valence electrons. The minimum atomic E-state index is -0.167. The third-order valence-electron chi connectivity index (χ3n) is 4.37. The highest BCUT2D eigenvalue weighted by molar-refractivity contribution is 5.80. The van der Waals surface area contributed by atoms with Gasteiger partial charge in [-0.25, -0.2) is 0 Å². The molecule has 0 N–H and O–H groups in total. The van der Waals surface area contributed by atoms with E-state index >= 15 is 0 Å². The number of carbonyl (C=O) groups is 2. The van der Waals surface area contributed by atoms with Gasteiger partial charge in [-0.2, -0.15) is 0 Å². The van der Waals surface area contributed by atoms with Gasteiger partial charge in [-0.3, -0.25) is 14.5 Å². The fourth-order valence-corrected chi connectivity index (χ4v) is 3.07. The van der Waals surface area contributed by atoms with Gasteiger partial charge in [0.15, 0.2) is 0 Å². The molecule has 0 aromatic rings. The topological polar surface area (TPSA) is 49.9 Å². The van der Waals surface area contributed by atoms with Gasteiger partial charge in [-0.15, -0.1) is 0 Å². The van der Waals surface area contributed by atoms with Crippen molar-refractivity contribution in [2.45, 2.75) is 26.2 Å². The zero-order valence-corrected chi connectivity index (χ0v) is 12.6. The molecule has 1 fully saturated rings. The maximum absolute atomic E-state index is 12.3. The Hall–Kier alpha value is -1.36. The molecule has 2 rings (SSSR count). The Morgan fingerprint density at radius 2 is 2.20 bits per heavy atom. The second kappa shape index (κ2) is 6.39. The van der Waals surface area contributed by atoms with Crippen molar-refractivity contribution in [2.75, 3.05) is 33.8 Å². The van der Waals surface area contributed by atoms with Crippen LogP contribution in [0.5, 0.6) is 0 Å². The molecule has 0 bridgehead atoms. The van der Waals surface area contributed by atoms with E-state index in [9.17, 15) is 9.59 Å². The molecule has 0 radical (unpaired) electrons. The second-order valence-corrected chi connectivity index (χ2v) is 5.84. The molecule has 2 unspecified atom stereocenters. The highest BCUT2D eigenvalue weighted by Gasteiger charge is 2.36. The quantitative estimate of drug-likeness (QED) is 0.727. The highest BCUT2D eigenvalue weighted by atomic mass is 16.5. The molecule has 1 aliphatic heterocycles. The summed E-state index contributed by atoms with van der Waals surface area (Å²) < 4.78 is 4.82. The van der Waals surface area contributed by atoms with E-state index in [1.165, 1.54) is 7.11 Å². The third kappa shape index (κ3) is 3.20. The van der Waals surface area contributed by atoms with Crippen molar-refractivity contribution in [3.8, 4) is 0 Å². The van der Waals surface area contributed by atoms with Crippen molar-refractivity contribution in [3.05, 3.63) is 11.8 Å². The van der Waals surface area contributed by atoms with E-state index < -0.39 is 0 Å². The summed E-state index contributed by atoms with van der Waals surface area (Å²) in [5.41, 5.74) is 1.13. The molecule has 0 spiro atoms. The minimum absolute atomic E-state index is 0.107. The fourth-order valence-electron chi connectivity index (χ4n) is 3.07. The number of likely N-dealkylation sites (N-methyl/N-ethyl adjacent to an activating group) is 1. The van der Waals surface area contributed by atoms with Crippen molar-refractivity contribution in [3.63, 3.8) is 0 Å². The van der Waals surface area contributed by atoms with E-state index in [0.717, 1.165) is 31.5 Å². The lowest BCUT2D eigenvalue weighted by Gasteiger charge is -2.22. The number of esters is 1. The first-order chi connectivity index (χ1) is 9.52. The number of hydrogen-bond acceptors (Lipinski definition) is 4. The van der Waals surface area contributed by atoms with Gasteiger partial charge in [0.05, 0.1) is 19.6 Å². The molecule has 0 aromatic heterocycles. The largest absolute Gasteiger partial charge is 0.469 e. The summed E-state index contributed by atoms with van der Waals surface area (Å²) in [5, 5.41) is 0. The third-order valence-corrected chi connectivity index (χ3v) is 4.37. The molecule has 2 aliphatic rings. The molecule has 0 aromatic carbocycles. The monoisotopic (exact) mass is 280 g/mol. The zero-order valence-electron chi connectivity index (χ0n) is 12.6. The van der Waals surface area contributed by atoms with Crippen LogP contribution in [0.15, 0.2) is 11.8 Å². The number of rotatable bonds is 4. The molecular weight excluding hydrogens is 256 g/mol. The number of methoxy groups -OCH3 is 1. The predicted molar refractivity (Wildman–Crippen MR) is 75.8 cm³/mol. The number of amides is 1. The average molecular weight is 280 g/mol. The SMILES string of the molecule is COC(=O)C1CN(CC(=O)N(C)C2=CCCC2)CC1C. The Labute approximate surface area is 120 Å². The molecule has 0 saturated carbocycles. The van der Waals surface area contributed by atoms with Crippen LogP contribution < -0.4 is 0 Å². The van der Waals surface area contributed by atoms with Crippen LogP contribution in [-0.2, 0) is 14.3 Å². The van der Waals surface area contributed by atoms with Crippen molar-refractivity contribution < 1.29 is 14.3 Å². The Balaban J connectivity index is 1.88. The molecule has 1 aliphatic carbocycles. The molecule has 2 atom stereocenters. The lowest BCUT2D eigenvalue weighted by atomic mass is 9.99. The van der Waals surface area contributed by atoms with Crippen molar-refractivity contribution >= 4 is 11.9 Å². The molecular formula is C15H24N2O3. The predicted octanol–water partition coefficient (Wildman–Crippen LogP) is 1.25.